The number of amidine groups is 1. The molecule has 0 saturated heterocycles. The highest BCUT2D eigenvalue weighted by atomic mass is 35.5. The van der Waals surface area contributed by atoms with Crippen molar-refractivity contribution in [1.29, 1.82) is 0 Å². The lowest BCUT2D eigenvalue weighted by molar-refractivity contribution is 0.391. The van der Waals surface area contributed by atoms with Crippen LogP contribution in [0.4, 0.5) is 4.39 Å². The summed E-state index contributed by atoms with van der Waals surface area (Å²) >= 11 is 7.78. The van der Waals surface area contributed by atoms with Gasteiger partial charge in [0.15, 0.2) is 10.8 Å². The highest BCUT2D eigenvalue weighted by Crippen LogP contribution is 2.39. The number of allylic oxidation sites excluding steroid dienone is 1. The number of hydrogen-bond donors (Lipinski definition) is 1. The Hall–Kier alpha value is -2.58. The van der Waals surface area contributed by atoms with E-state index >= 15 is 0 Å². The second kappa shape index (κ2) is 6.62. The lowest BCUT2D eigenvalue weighted by Crippen LogP contribution is -2.29. The molecule has 0 fully saturated rings. The number of benzene rings is 1. The van der Waals surface area contributed by atoms with Crippen LogP contribution in [0.1, 0.15) is 35.3 Å². The van der Waals surface area contributed by atoms with Gasteiger partial charge in [-0.3, -0.25) is 4.99 Å². The average Bonchev–Trinajstić information content (AvgIpc) is 3.26. The minimum atomic E-state index is -0.514. The molecule has 1 aliphatic heterocycles. The fourth-order valence-corrected chi connectivity index (χ4v) is 3.63. The van der Waals surface area contributed by atoms with E-state index in [0.29, 0.717) is 23.1 Å². The van der Waals surface area contributed by atoms with E-state index in [1.165, 1.54) is 23.5 Å². The Bertz CT molecular complexity index is 1030. The van der Waals surface area contributed by atoms with Gasteiger partial charge in [-0.1, -0.05) is 22.8 Å². The lowest BCUT2D eigenvalue weighted by atomic mass is 9.95. The molecule has 0 saturated carbocycles. The normalized spacial score (nSPS) is 17.2. The van der Waals surface area contributed by atoms with Gasteiger partial charge in [0.2, 0.25) is 11.7 Å². The first-order valence-electron chi connectivity index (χ1n) is 7.74. The molecule has 6 nitrogen and oxygen atoms in total. The first kappa shape index (κ1) is 16.9. The van der Waals surface area contributed by atoms with Crippen LogP contribution < -0.4 is 5.32 Å². The van der Waals surface area contributed by atoms with Gasteiger partial charge >= 0.3 is 0 Å². The predicted molar refractivity (Wildman–Crippen MR) is 97.6 cm³/mol. The van der Waals surface area contributed by atoms with Gasteiger partial charge in [-0.25, -0.2) is 9.37 Å². The summed E-state index contributed by atoms with van der Waals surface area (Å²) < 4.78 is 18.6. The largest absolute Gasteiger partial charge is 0.341 e. The van der Waals surface area contributed by atoms with E-state index in [1.807, 2.05) is 12.3 Å². The van der Waals surface area contributed by atoms with Crippen LogP contribution in [0.2, 0.25) is 5.02 Å². The molecular formula is C17H13ClFN5OS. The molecule has 1 N–H and O–H groups in total. The van der Waals surface area contributed by atoms with E-state index < -0.39 is 11.9 Å². The van der Waals surface area contributed by atoms with Gasteiger partial charge < -0.3 is 9.84 Å². The molecular weight excluding hydrogens is 377 g/mol. The standard InChI is InChI=1S/C17H13ClFN5OS/c1-8-13(15-22-9(2)25-24-15)14(11-4-3-10(19)7-12(11)18)23-16(21-8)17-20-5-6-26-17/h3-7,14H,1-2H3,(H,21,23). The van der Waals surface area contributed by atoms with Crippen LogP contribution in [0.15, 0.2) is 45.0 Å². The SMILES string of the molecule is CC1=C(c2noc(C)n2)C(c2ccc(F)cc2Cl)N=C(c2nccs2)N1. The molecule has 1 atom stereocenters. The number of aromatic nitrogens is 3. The molecule has 9 heteroatoms. The molecule has 1 unspecified atom stereocenters. The molecule has 3 aromatic rings. The molecule has 1 aromatic carbocycles. The third-order valence-electron chi connectivity index (χ3n) is 3.90. The van der Waals surface area contributed by atoms with E-state index in [-0.39, 0.29) is 5.02 Å². The van der Waals surface area contributed by atoms with Gasteiger partial charge in [-0.2, -0.15) is 4.98 Å². The molecule has 26 heavy (non-hydrogen) atoms. The molecule has 0 aliphatic carbocycles. The fraction of sp³-hybridized carbons (Fsp3) is 0.176. The summed E-state index contributed by atoms with van der Waals surface area (Å²) in [6.45, 7) is 3.61. The van der Waals surface area contributed by atoms with E-state index in [2.05, 4.69) is 20.4 Å². The van der Waals surface area contributed by atoms with Gasteiger partial charge in [0.1, 0.15) is 11.9 Å². The van der Waals surface area contributed by atoms with Crippen molar-refractivity contribution in [2.45, 2.75) is 19.9 Å². The van der Waals surface area contributed by atoms with Crippen molar-refractivity contribution in [2.75, 3.05) is 0 Å². The number of aliphatic imine (C=N–C) groups is 1. The highest BCUT2D eigenvalue weighted by molar-refractivity contribution is 7.11. The number of aryl methyl sites for hydroxylation is 1. The monoisotopic (exact) mass is 389 g/mol. The van der Waals surface area contributed by atoms with E-state index in [0.717, 1.165) is 16.3 Å². The van der Waals surface area contributed by atoms with Crippen molar-refractivity contribution in [3.05, 3.63) is 68.6 Å². The Morgan fingerprint density at radius 2 is 2.15 bits per heavy atom. The molecule has 0 radical (unpaired) electrons. The first-order chi connectivity index (χ1) is 12.5. The molecule has 1 aliphatic rings. The fourth-order valence-electron chi connectivity index (χ4n) is 2.77. The number of thiazole rings is 1. The summed E-state index contributed by atoms with van der Waals surface area (Å²) in [5.41, 5.74) is 2.17. The molecule has 0 bridgehead atoms. The zero-order chi connectivity index (χ0) is 18.3. The van der Waals surface area contributed by atoms with Crippen molar-refractivity contribution in [2.24, 2.45) is 4.99 Å². The Morgan fingerprint density at radius 3 is 2.81 bits per heavy atom. The zero-order valence-electron chi connectivity index (χ0n) is 13.8. The summed E-state index contributed by atoms with van der Waals surface area (Å²) in [5, 5.41) is 10.2. The van der Waals surface area contributed by atoms with Crippen molar-refractivity contribution < 1.29 is 8.91 Å². The van der Waals surface area contributed by atoms with Crippen LogP contribution in [0.25, 0.3) is 5.57 Å². The number of nitrogens with one attached hydrogen (secondary N) is 1. The van der Waals surface area contributed by atoms with Gasteiger partial charge in [0, 0.05) is 40.4 Å². The third kappa shape index (κ3) is 3.02. The Labute approximate surface area is 157 Å². The number of hydrogen-bond acceptors (Lipinski definition) is 7. The molecule has 0 spiro atoms. The van der Waals surface area contributed by atoms with Gasteiger partial charge in [-0.15, -0.1) is 11.3 Å². The van der Waals surface area contributed by atoms with Crippen LogP contribution in [0.5, 0.6) is 0 Å². The minimum Gasteiger partial charge on any atom is -0.341 e. The van der Waals surface area contributed by atoms with Crippen molar-refractivity contribution in [1.82, 2.24) is 20.4 Å². The topological polar surface area (TPSA) is 76.2 Å². The molecule has 4 rings (SSSR count). The summed E-state index contributed by atoms with van der Waals surface area (Å²) in [6, 6.07) is 3.74. The Kier molecular flexibility index (Phi) is 4.29. The average molecular weight is 390 g/mol. The summed E-state index contributed by atoms with van der Waals surface area (Å²) in [6.07, 6.45) is 1.71. The van der Waals surface area contributed by atoms with E-state index in [9.17, 15) is 4.39 Å². The Balaban J connectivity index is 1.88. The number of halogens is 2. The molecule has 132 valence electrons. The summed E-state index contributed by atoms with van der Waals surface area (Å²) in [5.74, 6) is 1.07. The van der Waals surface area contributed by atoms with Gasteiger partial charge in [0.05, 0.1) is 0 Å². The maximum Gasteiger partial charge on any atom is 0.223 e. The van der Waals surface area contributed by atoms with Crippen LogP contribution in [0, 0.1) is 12.7 Å². The second-order valence-electron chi connectivity index (χ2n) is 5.68. The second-order valence-corrected chi connectivity index (χ2v) is 6.99. The maximum atomic E-state index is 13.5. The lowest BCUT2D eigenvalue weighted by Gasteiger charge is -2.25. The van der Waals surface area contributed by atoms with E-state index in [4.69, 9.17) is 21.1 Å². The smallest absolute Gasteiger partial charge is 0.223 e. The molecule has 2 aromatic heterocycles. The summed E-state index contributed by atoms with van der Waals surface area (Å²) in [4.78, 5) is 13.4. The first-order valence-corrected chi connectivity index (χ1v) is 9.00. The zero-order valence-corrected chi connectivity index (χ0v) is 15.4. The Morgan fingerprint density at radius 1 is 1.31 bits per heavy atom. The van der Waals surface area contributed by atoms with Crippen LogP contribution in [0.3, 0.4) is 0 Å². The van der Waals surface area contributed by atoms with Crippen LogP contribution in [-0.2, 0) is 0 Å². The van der Waals surface area contributed by atoms with Gasteiger partial charge in [-0.05, 0) is 19.1 Å². The quantitative estimate of drug-likeness (QED) is 0.728. The highest BCUT2D eigenvalue weighted by Gasteiger charge is 2.31. The molecule has 3 heterocycles. The van der Waals surface area contributed by atoms with Crippen molar-refractivity contribution >= 4 is 34.3 Å². The minimum absolute atomic E-state index is 0.282. The van der Waals surface area contributed by atoms with Crippen LogP contribution >= 0.6 is 22.9 Å². The maximum absolute atomic E-state index is 13.5. The summed E-state index contributed by atoms with van der Waals surface area (Å²) in [7, 11) is 0. The predicted octanol–water partition coefficient (Wildman–Crippen LogP) is 4.15. The third-order valence-corrected chi connectivity index (χ3v) is 5.01. The number of nitrogens with zero attached hydrogens (tertiary/aromatic N) is 4. The van der Waals surface area contributed by atoms with Crippen molar-refractivity contribution in [3.8, 4) is 0 Å². The number of rotatable bonds is 3. The van der Waals surface area contributed by atoms with Crippen LogP contribution in [-0.4, -0.2) is 21.0 Å². The van der Waals surface area contributed by atoms with Gasteiger partial charge in [0.25, 0.3) is 0 Å². The van der Waals surface area contributed by atoms with Crippen molar-refractivity contribution in [3.63, 3.8) is 0 Å². The van der Waals surface area contributed by atoms with E-state index in [1.54, 1.807) is 19.2 Å². The molecule has 0 amide bonds.